The van der Waals surface area contributed by atoms with Crippen LogP contribution in [0.4, 0.5) is 0 Å². The first-order valence-corrected chi connectivity index (χ1v) is 7.88. The van der Waals surface area contributed by atoms with Crippen LogP contribution < -0.4 is 5.32 Å². The summed E-state index contributed by atoms with van der Waals surface area (Å²) < 4.78 is 5.11. The fourth-order valence-electron chi connectivity index (χ4n) is 2.66. The quantitative estimate of drug-likeness (QED) is 0.335. The number of guanidine groups is 1. The number of carbonyl (C=O) groups is 1. The maximum absolute atomic E-state index is 11.7. The van der Waals surface area contributed by atoms with Crippen LogP contribution in [0.15, 0.2) is 4.99 Å². The molecule has 122 valence electrons. The number of nitrogens with one attached hydrogen (secondary N) is 1. The SMILES string of the molecule is CCN=C(NC1CC1C)N1CCC(C(=O)OCC)CC1.I. The highest BCUT2D eigenvalue weighted by atomic mass is 127. The second-order valence-corrected chi connectivity index (χ2v) is 5.78. The molecule has 0 bridgehead atoms. The number of piperidine rings is 1. The van der Waals surface area contributed by atoms with Gasteiger partial charge in [0.1, 0.15) is 0 Å². The number of carbonyl (C=O) groups excluding carboxylic acids is 1. The molecule has 2 atom stereocenters. The molecule has 1 aliphatic heterocycles. The van der Waals surface area contributed by atoms with Crippen molar-refractivity contribution >= 4 is 35.9 Å². The van der Waals surface area contributed by atoms with Crippen LogP contribution in [-0.4, -0.2) is 49.1 Å². The van der Waals surface area contributed by atoms with Crippen LogP contribution in [0.25, 0.3) is 0 Å². The number of halogens is 1. The molecule has 1 N–H and O–H groups in total. The first-order valence-electron chi connectivity index (χ1n) is 7.88. The molecule has 1 aliphatic carbocycles. The summed E-state index contributed by atoms with van der Waals surface area (Å²) in [5, 5.41) is 3.54. The van der Waals surface area contributed by atoms with Gasteiger partial charge in [0.2, 0.25) is 0 Å². The molecule has 2 rings (SSSR count). The lowest BCUT2D eigenvalue weighted by molar-refractivity contribution is -0.149. The molecule has 6 heteroatoms. The third-order valence-electron chi connectivity index (χ3n) is 4.15. The van der Waals surface area contributed by atoms with Gasteiger partial charge >= 0.3 is 5.97 Å². The van der Waals surface area contributed by atoms with E-state index in [1.165, 1.54) is 6.42 Å². The number of nitrogens with zero attached hydrogens (tertiary/aromatic N) is 2. The van der Waals surface area contributed by atoms with Gasteiger partial charge in [0.15, 0.2) is 5.96 Å². The Bertz CT molecular complexity index is 368. The average molecular weight is 409 g/mol. The van der Waals surface area contributed by atoms with Crippen LogP contribution in [0.1, 0.15) is 40.0 Å². The van der Waals surface area contributed by atoms with Gasteiger partial charge in [0.25, 0.3) is 0 Å². The number of esters is 1. The molecule has 0 aromatic carbocycles. The minimum absolute atomic E-state index is 0. The minimum Gasteiger partial charge on any atom is -0.466 e. The Balaban J connectivity index is 0.00000220. The largest absolute Gasteiger partial charge is 0.466 e. The van der Waals surface area contributed by atoms with Gasteiger partial charge in [-0.25, -0.2) is 0 Å². The molecule has 1 heterocycles. The van der Waals surface area contributed by atoms with E-state index in [-0.39, 0.29) is 35.9 Å². The van der Waals surface area contributed by atoms with E-state index in [0.717, 1.165) is 44.4 Å². The lowest BCUT2D eigenvalue weighted by atomic mass is 9.97. The molecular formula is C15H28IN3O2. The summed E-state index contributed by atoms with van der Waals surface area (Å²) >= 11 is 0. The highest BCUT2D eigenvalue weighted by Gasteiger charge is 2.35. The summed E-state index contributed by atoms with van der Waals surface area (Å²) in [4.78, 5) is 18.6. The number of likely N-dealkylation sites (tertiary alicyclic amines) is 1. The molecular weight excluding hydrogens is 381 g/mol. The van der Waals surface area contributed by atoms with Crippen molar-refractivity contribution in [3.63, 3.8) is 0 Å². The van der Waals surface area contributed by atoms with Crippen molar-refractivity contribution in [1.29, 1.82) is 0 Å². The Kier molecular flexibility index (Phi) is 7.76. The van der Waals surface area contributed by atoms with Crippen molar-refractivity contribution in [3.8, 4) is 0 Å². The third-order valence-corrected chi connectivity index (χ3v) is 4.15. The average Bonchev–Trinajstić information content (AvgIpc) is 3.14. The van der Waals surface area contributed by atoms with Crippen LogP contribution in [-0.2, 0) is 9.53 Å². The van der Waals surface area contributed by atoms with Gasteiger partial charge < -0.3 is 15.0 Å². The molecule has 0 aromatic heterocycles. The normalized spacial score (nSPS) is 26.0. The Morgan fingerprint density at radius 1 is 1.33 bits per heavy atom. The number of aliphatic imine (C=N–C) groups is 1. The first-order chi connectivity index (χ1) is 9.65. The monoisotopic (exact) mass is 409 g/mol. The summed E-state index contributed by atoms with van der Waals surface area (Å²) in [6, 6.07) is 0.586. The summed E-state index contributed by atoms with van der Waals surface area (Å²) in [7, 11) is 0. The van der Waals surface area contributed by atoms with E-state index >= 15 is 0 Å². The van der Waals surface area contributed by atoms with E-state index in [2.05, 4.69) is 29.1 Å². The van der Waals surface area contributed by atoms with Crippen molar-refractivity contribution < 1.29 is 9.53 Å². The van der Waals surface area contributed by atoms with Crippen molar-refractivity contribution in [3.05, 3.63) is 0 Å². The Morgan fingerprint density at radius 2 is 1.95 bits per heavy atom. The van der Waals surface area contributed by atoms with E-state index < -0.39 is 0 Å². The van der Waals surface area contributed by atoms with Gasteiger partial charge in [-0.05, 0) is 39.0 Å². The molecule has 0 spiro atoms. The van der Waals surface area contributed by atoms with Crippen LogP contribution in [0, 0.1) is 11.8 Å². The summed E-state index contributed by atoms with van der Waals surface area (Å²) in [6.07, 6.45) is 2.97. The fraction of sp³-hybridized carbons (Fsp3) is 0.867. The Morgan fingerprint density at radius 3 is 2.43 bits per heavy atom. The van der Waals surface area contributed by atoms with Crippen LogP contribution in [0.2, 0.25) is 0 Å². The van der Waals surface area contributed by atoms with E-state index in [4.69, 9.17) is 4.74 Å². The van der Waals surface area contributed by atoms with Crippen LogP contribution >= 0.6 is 24.0 Å². The van der Waals surface area contributed by atoms with Crippen molar-refractivity contribution in [1.82, 2.24) is 10.2 Å². The molecule has 1 saturated heterocycles. The highest BCUT2D eigenvalue weighted by molar-refractivity contribution is 14.0. The van der Waals surface area contributed by atoms with Gasteiger partial charge in [-0.15, -0.1) is 24.0 Å². The maximum atomic E-state index is 11.7. The fourth-order valence-corrected chi connectivity index (χ4v) is 2.66. The standard InChI is InChI=1S/C15H27N3O2.HI/c1-4-16-15(17-13-10-11(13)3)18-8-6-12(7-9-18)14(19)20-5-2;/h11-13H,4-10H2,1-3H3,(H,16,17);1H. The molecule has 0 radical (unpaired) electrons. The molecule has 5 nitrogen and oxygen atoms in total. The smallest absolute Gasteiger partial charge is 0.309 e. The van der Waals surface area contributed by atoms with Gasteiger partial charge in [-0.3, -0.25) is 9.79 Å². The molecule has 1 saturated carbocycles. The summed E-state index contributed by atoms with van der Waals surface area (Å²) in [5.41, 5.74) is 0. The molecule has 2 unspecified atom stereocenters. The van der Waals surface area contributed by atoms with Gasteiger partial charge in [0.05, 0.1) is 12.5 Å². The molecule has 0 amide bonds. The van der Waals surface area contributed by atoms with Crippen LogP contribution in [0.3, 0.4) is 0 Å². The zero-order chi connectivity index (χ0) is 14.5. The zero-order valence-corrected chi connectivity index (χ0v) is 15.6. The Hall–Kier alpha value is -0.530. The molecule has 2 fully saturated rings. The number of hydrogen-bond donors (Lipinski definition) is 1. The van der Waals surface area contributed by atoms with Gasteiger partial charge in [0, 0.05) is 25.7 Å². The maximum Gasteiger partial charge on any atom is 0.309 e. The summed E-state index contributed by atoms with van der Waals surface area (Å²) in [5.74, 6) is 1.80. The highest BCUT2D eigenvalue weighted by Crippen LogP contribution is 2.29. The lowest BCUT2D eigenvalue weighted by Crippen LogP contribution is -2.47. The number of ether oxygens (including phenoxy) is 1. The lowest BCUT2D eigenvalue weighted by Gasteiger charge is -2.33. The van der Waals surface area contributed by atoms with Crippen molar-refractivity contribution in [2.24, 2.45) is 16.8 Å². The van der Waals surface area contributed by atoms with Crippen molar-refractivity contribution in [2.75, 3.05) is 26.2 Å². The minimum atomic E-state index is -0.0371. The van der Waals surface area contributed by atoms with E-state index in [0.29, 0.717) is 12.6 Å². The predicted octanol–water partition coefficient (Wildman–Crippen LogP) is 2.25. The first kappa shape index (κ1) is 18.5. The van der Waals surface area contributed by atoms with E-state index in [1.807, 2.05) is 6.92 Å². The van der Waals surface area contributed by atoms with E-state index in [1.54, 1.807) is 0 Å². The van der Waals surface area contributed by atoms with Gasteiger partial charge in [-0.2, -0.15) is 0 Å². The second kappa shape index (κ2) is 8.80. The van der Waals surface area contributed by atoms with E-state index in [9.17, 15) is 4.79 Å². The Labute approximate surface area is 144 Å². The summed E-state index contributed by atoms with van der Waals surface area (Å²) in [6.45, 7) is 9.22. The molecule has 21 heavy (non-hydrogen) atoms. The van der Waals surface area contributed by atoms with Gasteiger partial charge in [-0.1, -0.05) is 6.92 Å². The number of hydrogen-bond acceptors (Lipinski definition) is 3. The number of rotatable bonds is 4. The van der Waals surface area contributed by atoms with Crippen LogP contribution in [0.5, 0.6) is 0 Å². The van der Waals surface area contributed by atoms with Crippen molar-refractivity contribution in [2.45, 2.75) is 46.1 Å². The zero-order valence-electron chi connectivity index (χ0n) is 13.3. The third kappa shape index (κ3) is 5.30. The second-order valence-electron chi connectivity index (χ2n) is 5.78. The molecule has 0 aromatic rings. The topological polar surface area (TPSA) is 53.9 Å². The molecule has 2 aliphatic rings. The predicted molar refractivity (Wildman–Crippen MR) is 95.0 cm³/mol.